The van der Waals surface area contributed by atoms with Crippen molar-refractivity contribution in [3.05, 3.63) is 71.4 Å². The van der Waals surface area contributed by atoms with Crippen LogP contribution in [0, 0.1) is 0 Å². The molecule has 1 atom stereocenters. The quantitative estimate of drug-likeness (QED) is 0.675. The zero-order valence-electron chi connectivity index (χ0n) is 10.5. The number of nitrogens with one attached hydrogen (secondary N) is 1. The maximum absolute atomic E-state index is 4.68. The van der Waals surface area contributed by atoms with Crippen LogP contribution in [0.4, 0.5) is 0 Å². The van der Waals surface area contributed by atoms with E-state index in [4.69, 9.17) is 0 Å². The standard InChI is InChI=1S/C17H14N2/c1-3-7-14-12(5-1)9-10-18-17(14)16-11-13-6-2-4-8-15(13)19-16/h1-8,10-11,17,19H,9H2. The molecule has 0 fully saturated rings. The number of hydrogen-bond donors (Lipinski definition) is 1. The first kappa shape index (κ1) is 10.6. The van der Waals surface area contributed by atoms with Gasteiger partial charge < -0.3 is 4.98 Å². The summed E-state index contributed by atoms with van der Waals surface area (Å²) in [6.45, 7) is 0. The van der Waals surface area contributed by atoms with Crippen LogP contribution in [-0.2, 0) is 6.42 Å². The highest BCUT2D eigenvalue weighted by molar-refractivity contribution is 5.81. The van der Waals surface area contributed by atoms with E-state index < -0.39 is 0 Å². The number of benzene rings is 2. The van der Waals surface area contributed by atoms with Crippen molar-refractivity contribution in [2.45, 2.75) is 12.5 Å². The van der Waals surface area contributed by atoms with Crippen molar-refractivity contribution in [3.8, 4) is 0 Å². The van der Waals surface area contributed by atoms with Crippen LogP contribution in [0.2, 0.25) is 0 Å². The summed E-state index contributed by atoms with van der Waals surface area (Å²) >= 11 is 0. The molecule has 2 heteroatoms. The summed E-state index contributed by atoms with van der Waals surface area (Å²) in [4.78, 5) is 8.17. The van der Waals surface area contributed by atoms with Crippen LogP contribution in [0.1, 0.15) is 22.9 Å². The van der Waals surface area contributed by atoms with Gasteiger partial charge in [0.15, 0.2) is 0 Å². The van der Waals surface area contributed by atoms with E-state index in [9.17, 15) is 0 Å². The Bertz CT molecular complexity index is 735. The highest BCUT2D eigenvalue weighted by Crippen LogP contribution is 2.32. The molecule has 0 amide bonds. The summed E-state index contributed by atoms with van der Waals surface area (Å²) in [6.07, 6.45) is 2.96. The largest absolute Gasteiger partial charge is 0.356 e. The van der Waals surface area contributed by atoms with Gasteiger partial charge >= 0.3 is 0 Å². The Morgan fingerprint density at radius 3 is 2.79 bits per heavy atom. The Morgan fingerprint density at radius 2 is 1.84 bits per heavy atom. The van der Waals surface area contributed by atoms with E-state index >= 15 is 0 Å². The van der Waals surface area contributed by atoms with E-state index in [1.54, 1.807) is 0 Å². The fourth-order valence-corrected chi connectivity index (χ4v) is 2.81. The second kappa shape index (κ2) is 4.09. The molecular weight excluding hydrogens is 232 g/mol. The number of H-pyrrole nitrogens is 1. The highest BCUT2D eigenvalue weighted by Gasteiger charge is 2.20. The predicted molar refractivity (Wildman–Crippen MR) is 78.8 cm³/mol. The Balaban J connectivity index is 1.87. The number of para-hydroxylation sites is 1. The lowest BCUT2D eigenvalue weighted by Gasteiger charge is -2.19. The second-order valence-electron chi connectivity index (χ2n) is 4.95. The van der Waals surface area contributed by atoms with Gasteiger partial charge in [-0.1, -0.05) is 42.5 Å². The monoisotopic (exact) mass is 246 g/mol. The lowest BCUT2D eigenvalue weighted by atomic mass is 9.94. The summed E-state index contributed by atoms with van der Waals surface area (Å²) in [6, 6.07) is 19.2. The maximum atomic E-state index is 4.68. The molecule has 2 nitrogen and oxygen atoms in total. The van der Waals surface area contributed by atoms with Gasteiger partial charge in [-0.3, -0.25) is 4.99 Å². The molecule has 1 N–H and O–H groups in total. The van der Waals surface area contributed by atoms with Gasteiger partial charge in [0.05, 0.1) is 0 Å². The van der Waals surface area contributed by atoms with Crippen LogP contribution in [-0.4, -0.2) is 11.2 Å². The molecule has 1 aromatic heterocycles. The normalized spacial score (nSPS) is 17.6. The number of hydrogen-bond acceptors (Lipinski definition) is 1. The Labute approximate surface area is 111 Å². The zero-order valence-corrected chi connectivity index (χ0v) is 10.5. The summed E-state index contributed by atoms with van der Waals surface area (Å²) < 4.78 is 0. The molecule has 92 valence electrons. The van der Waals surface area contributed by atoms with Gasteiger partial charge in [-0.25, -0.2) is 0 Å². The van der Waals surface area contributed by atoms with Crippen molar-refractivity contribution >= 4 is 17.1 Å². The Hall–Kier alpha value is -2.35. The van der Waals surface area contributed by atoms with Gasteiger partial charge in [0.1, 0.15) is 6.04 Å². The van der Waals surface area contributed by atoms with Gasteiger partial charge in [-0.15, -0.1) is 0 Å². The van der Waals surface area contributed by atoms with Crippen LogP contribution in [0.25, 0.3) is 10.9 Å². The van der Waals surface area contributed by atoms with Gasteiger partial charge in [-0.2, -0.15) is 0 Å². The maximum Gasteiger partial charge on any atom is 0.115 e. The van der Waals surface area contributed by atoms with Gasteiger partial charge in [-0.05, 0) is 28.6 Å². The smallest absolute Gasteiger partial charge is 0.115 e. The van der Waals surface area contributed by atoms with Crippen molar-refractivity contribution in [1.82, 2.24) is 4.98 Å². The minimum absolute atomic E-state index is 0.109. The fraction of sp³-hybridized carbons (Fsp3) is 0.118. The number of aliphatic imine (C=N–C) groups is 1. The molecule has 1 aliphatic rings. The van der Waals surface area contributed by atoms with E-state index in [0.717, 1.165) is 6.42 Å². The van der Waals surface area contributed by atoms with E-state index in [1.807, 2.05) is 6.21 Å². The number of aromatic amines is 1. The van der Waals surface area contributed by atoms with Crippen molar-refractivity contribution in [2.75, 3.05) is 0 Å². The molecular formula is C17H14N2. The van der Waals surface area contributed by atoms with Gasteiger partial charge in [0.25, 0.3) is 0 Å². The van der Waals surface area contributed by atoms with Crippen LogP contribution in [0.5, 0.6) is 0 Å². The number of aromatic nitrogens is 1. The molecule has 2 aromatic carbocycles. The Morgan fingerprint density at radius 1 is 1.00 bits per heavy atom. The fourth-order valence-electron chi connectivity index (χ4n) is 2.81. The van der Waals surface area contributed by atoms with Gasteiger partial charge in [0.2, 0.25) is 0 Å². The first-order valence-electron chi connectivity index (χ1n) is 6.59. The number of nitrogens with zero attached hydrogens (tertiary/aromatic N) is 1. The van der Waals surface area contributed by atoms with Crippen molar-refractivity contribution in [1.29, 1.82) is 0 Å². The van der Waals surface area contributed by atoms with Crippen LogP contribution >= 0.6 is 0 Å². The molecule has 0 saturated carbocycles. The number of fused-ring (bicyclic) bond motifs is 2. The predicted octanol–water partition coefficient (Wildman–Crippen LogP) is 3.88. The molecule has 2 heterocycles. The molecule has 1 aliphatic heterocycles. The molecule has 0 saturated heterocycles. The molecule has 0 bridgehead atoms. The molecule has 1 unspecified atom stereocenters. The lowest BCUT2D eigenvalue weighted by Crippen LogP contribution is -2.08. The van der Waals surface area contributed by atoms with E-state index in [0.29, 0.717) is 0 Å². The molecule has 19 heavy (non-hydrogen) atoms. The average Bonchev–Trinajstić information content (AvgIpc) is 2.90. The SMILES string of the molecule is C1=NC(c2cc3ccccc3[nH]2)c2ccccc2C1. The van der Waals surface area contributed by atoms with E-state index in [1.165, 1.54) is 27.7 Å². The van der Waals surface area contributed by atoms with E-state index in [-0.39, 0.29) is 6.04 Å². The minimum atomic E-state index is 0.109. The first-order valence-corrected chi connectivity index (χ1v) is 6.59. The molecule has 4 rings (SSSR count). The molecule has 0 radical (unpaired) electrons. The third-order valence-corrected chi connectivity index (χ3v) is 3.76. The molecule has 0 spiro atoms. The van der Waals surface area contributed by atoms with Gasteiger partial charge in [0, 0.05) is 23.8 Å². The van der Waals surface area contributed by atoms with E-state index in [2.05, 4.69) is 64.6 Å². The zero-order chi connectivity index (χ0) is 12.7. The van der Waals surface area contributed by atoms with Crippen LogP contribution < -0.4 is 0 Å². The third-order valence-electron chi connectivity index (χ3n) is 3.76. The average molecular weight is 246 g/mol. The summed E-state index contributed by atoms with van der Waals surface area (Å²) in [5, 5.41) is 1.25. The van der Waals surface area contributed by atoms with Crippen LogP contribution in [0.15, 0.2) is 59.6 Å². The summed E-state index contributed by atoms with van der Waals surface area (Å²) in [7, 11) is 0. The topological polar surface area (TPSA) is 28.1 Å². The second-order valence-corrected chi connectivity index (χ2v) is 4.95. The third kappa shape index (κ3) is 1.68. The van der Waals surface area contributed by atoms with Crippen molar-refractivity contribution in [3.63, 3.8) is 0 Å². The van der Waals surface area contributed by atoms with Crippen molar-refractivity contribution < 1.29 is 0 Å². The number of rotatable bonds is 1. The van der Waals surface area contributed by atoms with Crippen molar-refractivity contribution in [2.24, 2.45) is 4.99 Å². The summed E-state index contributed by atoms with van der Waals surface area (Å²) in [5.41, 5.74) is 5.04. The first-order chi connectivity index (χ1) is 9.42. The minimum Gasteiger partial charge on any atom is -0.356 e. The summed E-state index contributed by atoms with van der Waals surface area (Å²) in [5.74, 6) is 0. The molecule has 0 aliphatic carbocycles. The highest BCUT2D eigenvalue weighted by atomic mass is 14.9. The van der Waals surface area contributed by atoms with Crippen LogP contribution in [0.3, 0.4) is 0 Å². The lowest BCUT2D eigenvalue weighted by molar-refractivity contribution is 0.818. The Kier molecular flexibility index (Phi) is 2.27. The molecule has 3 aromatic rings.